The number of anilines is 1. The quantitative estimate of drug-likeness (QED) is 0.887. The van der Waals surface area contributed by atoms with Crippen molar-refractivity contribution in [1.29, 1.82) is 0 Å². The first-order chi connectivity index (χ1) is 11.5. The van der Waals surface area contributed by atoms with Gasteiger partial charge in [0, 0.05) is 24.3 Å². The zero-order chi connectivity index (χ0) is 17.1. The molecule has 0 saturated heterocycles. The van der Waals surface area contributed by atoms with Crippen molar-refractivity contribution in [3.63, 3.8) is 0 Å². The Morgan fingerprint density at radius 3 is 2.58 bits per heavy atom. The van der Waals surface area contributed by atoms with Crippen LogP contribution in [0.5, 0.6) is 0 Å². The van der Waals surface area contributed by atoms with Gasteiger partial charge in [-0.25, -0.2) is 9.97 Å². The monoisotopic (exact) mass is 324 g/mol. The summed E-state index contributed by atoms with van der Waals surface area (Å²) in [7, 11) is 0. The summed E-state index contributed by atoms with van der Waals surface area (Å²) < 4.78 is 0. The van der Waals surface area contributed by atoms with Gasteiger partial charge in [-0.3, -0.25) is 4.79 Å². The van der Waals surface area contributed by atoms with Gasteiger partial charge in [0.15, 0.2) is 0 Å². The second-order valence-electron chi connectivity index (χ2n) is 6.65. The lowest BCUT2D eigenvalue weighted by molar-refractivity contribution is 0.0946. The first-order valence-electron chi connectivity index (χ1n) is 8.50. The van der Waals surface area contributed by atoms with Gasteiger partial charge in [-0.15, -0.1) is 0 Å². The zero-order valence-electron chi connectivity index (χ0n) is 14.5. The molecule has 0 radical (unpaired) electrons. The Balaban J connectivity index is 1.86. The van der Waals surface area contributed by atoms with Crippen LogP contribution in [0, 0.1) is 6.92 Å². The van der Waals surface area contributed by atoms with Crippen molar-refractivity contribution in [3.05, 3.63) is 53.3 Å². The summed E-state index contributed by atoms with van der Waals surface area (Å²) in [6, 6.07) is 12.5. The van der Waals surface area contributed by atoms with Gasteiger partial charge in [0.2, 0.25) is 5.95 Å². The van der Waals surface area contributed by atoms with Gasteiger partial charge in [0.1, 0.15) is 5.69 Å². The molecule has 0 atom stereocenters. The van der Waals surface area contributed by atoms with Crippen LogP contribution in [0.25, 0.3) is 0 Å². The summed E-state index contributed by atoms with van der Waals surface area (Å²) in [4.78, 5) is 23.6. The number of hydrogen-bond acceptors (Lipinski definition) is 4. The molecule has 1 fully saturated rings. The number of aryl methyl sites for hydroxylation is 1. The van der Waals surface area contributed by atoms with E-state index in [0.717, 1.165) is 18.5 Å². The van der Waals surface area contributed by atoms with Crippen LogP contribution in [0.2, 0.25) is 0 Å². The van der Waals surface area contributed by atoms with Crippen molar-refractivity contribution in [1.82, 2.24) is 15.3 Å². The molecule has 1 aliphatic carbocycles. The van der Waals surface area contributed by atoms with Crippen LogP contribution < -0.4 is 10.2 Å². The molecule has 1 saturated carbocycles. The number of benzene rings is 1. The van der Waals surface area contributed by atoms with Crippen molar-refractivity contribution in [3.8, 4) is 0 Å². The van der Waals surface area contributed by atoms with Gasteiger partial charge in [-0.2, -0.15) is 0 Å². The summed E-state index contributed by atoms with van der Waals surface area (Å²) in [5.41, 5.74) is 2.45. The summed E-state index contributed by atoms with van der Waals surface area (Å²) in [5, 5.41) is 2.99. The second kappa shape index (κ2) is 6.99. The van der Waals surface area contributed by atoms with E-state index in [4.69, 9.17) is 0 Å². The maximum absolute atomic E-state index is 12.3. The molecule has 5 nitrogen and oxygen atoms in total. The molecule has 1 N–H and O–H groups in total. The number of carbonyl (C=O) groups excluding carboxylic acids is 1. The molecule has 0 unspecified atom stereocenters. The predicted molar refractivity (Wildman–Crippen MR) is 95.0 cm³/mol. The molecule has 24 heavy (non-hydrogen) atoms. The fourth-order valence-corrected chi connectivity index (χ4v) is 2.55. The molecular formula is C19H24N4O. The standard InChI is InChI=1S/C19H24N4O/c1-13(2)23(12-15-7-5-4-6-8-15)19-20-14(3)11-17(22-19)18(24)21-16-9-10-16/h4-8,11,13,16H,9-10,12H2,1-3H3,(H,21,24). The molecule has 2 aromatic rings. The van der Waals surface area contributed by atoms with Crippen LogP contribution in [-0.4, -0.2) is 28.0 Å². The van der Waals surface area contributed by atoms with Crippen molar-refractivity contribution in [2.24, 2.45) is 0 Å². The molecule has 1 amide bonds. The van der Waals surface area contributed by atoms with E-state index < -0.39 is 0 Å². The third kappa shape index (κ3) is 4.10. The maximum Gasteiger partial charge on any atom is 0.270 e. The minimum Gasteiger partial charge on any atom is -0.348 e. The Morgan fingerprint density at radius 1 is 1.25 bits per heavy atom. The topological polar surface area (TPSA) is 58.1 Å². The zero-order valence-corrected chi connectivity index (χ0v) is 14.5. The van der Waals surface area contributed by atoms with Gasteiger partial charge >= 0.3 is 0 Å². The lowest BCUT2D eigenvalue weighted by atomic mass is 10.2. The van der Waals surface area contributed by atoms with Crippen LogP contribution in [0.3, 0.4) is 0 Å². The van der Waals surface area contributed by atoms with Crippen molar-refractivity contribution in [2.45, 2.75) is 52.2 Å². The van der Waals surface area contributed by atoms with E-state index in [1.165, 1.54) is 5.56 Å². The molecule has 1 aromatic heterocycles. The van der Waals surface area contributed by atoms with Crippen molar-refractivity contribution in [2.75, 3.05) is 4.90 Å². The van der Waals surface area contributed by atoms with Crippen LogP contribution >= 0.6 is 0 Å². The van der Waals surface area contributed by atoms with Gasteiger partial charge in [0.05, 0.1) is 0 Å². The number of carbonyl (C=O) groups is 1. The summed E-state index contributed by atoms with van der Waals surface area (Å²) in [6.07, 6.45) is 2.13. The lowest BCUT2D eigenvalue weighted by Gasteiger charge is -2.27. The number of nitrogens with one attached hydrogen (secondary N) is 1. The highest BCUT2D eigenvalue weighted by Gasteiger charge is 2.25. The fourth-order valence-electron chi connectivity index (χ4n) is 2.55. The summed E-state index contributed by atoms with van der Waals surface area (Å²) >= 11 is 0. The van der Waals surface area contributed by atoms with Gasteiger partial charge in [-0.1, -0.05) is 30.3 Å². The second-order valence-corrected chi connectivity index (χ2v) is 6.65. The van der Waals surface area contributed by atoms with Crippen molar-refractivity contribution >= 4 is 11.9 Å². The number of nitrogens with zero attached hydrogens (tertiary/aromatic N) is 3. The molecule has 3 rings (SSSR count). The van der Waals surface area contributed by atoms with E-state index in [0.29, 0.717) is 24.2 Å². The largest absolute Gasteiger partial charge is 0.348 e. The highest BCUT2D eigenvalue weighted by atomic mass is 16.2. The van der Waals surface area contributed by atoms with Gasteiger partial charge in [0.25, 0.3) is 5.91 Å². The number of rotatable bonds is 6. The van der Waals surface area contributed by atoms with E-state index in [1.807, 2.05) is 25.1 Å². The van der Waals surface area contributed by atoms with Gasteiger partial charge in [-0.05, 0) is 45.2 Å². The molecule has 1 aliphatic rings. The highest BCUT2D eigenvalue weighted by molar-refractivity contribution is 5.93. The minimum absolute atomic E-state index is 0.104. The Bertz CT molecular complexity index is 711. The first kappa shape index (κ1) is 16.4. The van der Waals surface area contributed by atoms with E-state index in [1.54, 1.807) is 6.07 Å². The Hall–Kier alpha value is -2.43. The Labute approximate surface area is 143 Å². The number of aromatic nitrogens is 2. The van der Waals surface area contributed by atoms with Crippen LogP contribution in [0.1, 0.15) is 48.4 Å². The highest BCUT2D eigenvalue weighted by Crippen LogP contribution is 2.20. The molecule has 1 aromatic carbocycles. The fraction of sp³-hybridized carbons (Fsp3) is 0.421. The molecule has 0 spiro atoms. The summed E-state index contributed by atoms with van der Waals surface area (Å²) in [6.45, 7) is 6.84. The van der Waals surface area contributed by atoms with E-state index >= 15 is 0 Å². The third-order valence-electron chi connectivity index (χ3n) is 4.06. The van der Waals surface area contributed by atoms with E-state index in [9.17, 15) is 4.79 Å². The number of hydrogen-bond donors (Lipinski definition) is 1. The van der Waals surface area contributed by atoms with Crippen LogP contribution in [-0.2, 0) is 6.54 Å². The van der Waals surface area contributed by atoms with Crippen LogP contribution in [0.4, 0.5) is 5.95 Å². The molecule has 0 aliphatic heterocycles. The molecule has 126 valence electrons. The average Bonchev–Trinajstić information content (AvgIpc) is 3.36. The van der Waals surface area contributed by atoms with Crippen molar-refractivity contribution < 1.29 is 4.79 Å². The SMILES string of the molecule is Cc1cc(C(=O)NC2CC2)nc(N(Cc2ccccc2)C(C)C)n1. The van der Waals surface area contributed by atoms with E-state index in [2.05, 4.69) is 46.2 Å². The average molecular weight is 324 g/mol. The van der Waals surface area contributed by atoms with Crippen LogP contribution in [0.15, 0.2) is 36.4 Å². The molecule has 0 bridgehead atoms. The third-order valence-corrected chi connectivity index (χ3v) is 4.06. The number of amides is 1. The molecular weight excluding hydrogens is 300 g/mol. The maximum atomic E-state index is 12.3. The predicted octanol–water partition coefficient (Wildman–Crippen LogP) is 3.09. The Kier molecular flexibility index (Phi) is 4.79. The Morgan fingerprint density at radius 2 is 1.96 bits per heavy atom. The smallest absolute Gasteiger partial charge is 0.270 e. The molecule has 1 heterocycles. The summed E-state index contributed by atoms with van der Waals surface area (Å²) in [5.74, 6) is 0.502. The first-order valence-corrected chi connectivity index (χ1v) is 8.50. The lowest BCUT2D eigenvalue weighted by Crippen LogP contribution is -2.33. The van der Waals surface area contributed by atoms with E-state index in [-0.39, 0.29) is 11.9 Å². The molecule has 5 heteroatoms. The normalized spacial score (nSPS) is 13.8. The minimum atomic E-state index is -0.104. The van der Waals surface area contributed by atoms with Gasteiger partial charge < -0.3 is 10.2 Å².